The minimum atomic E-state index is -0.595. The summed E-state index contributed by atoms with van der Waals surface area (Å²) >= 11 is 1.11. The number of hydrogen-bond acceptors (Lipinski definition) is 8. The number of likely N-dealkylation sites (tertiary alicyclic amines) is 1. The van der Waals surface area contributed by atoms with Gasteiger partial charge in [-0.05, 0) is 25.8 Å². The molecular weight excluding hydrogens is 410 g/mol. The summed E-state index contributed by atoms with van der Waals surface area (Å²) in [5, 5.41) is 3.00. The number of aryl methyl sites for hydroxylation is 1. The molecule has 1 fully saturated rings. The van der Waals surface area contributed by atoms with Crippen molar-refractivity contribution in [2.75, 3.05) is 19.0 Å². The molecule has 0 spiro atoms. The van der Waals surface area contributed by atoms with Gasteiger partial charge in [0, 0.05) is 19.4 Å². The maximum Gasteiger partial charge on any atom is 0.328 e. The first-order valence-corrected chi connectivity index (χ1v) is 10.5. The molecular formula is C20H21N3O6S. The van der Waals surface area contributed by atoms with Crippen LogP contribution in [-0.2, 0) is 20.7 Å². The van der Waals surface area contributed by atoms with Gasteiger partial charge in [0.1, 0.15) is 11.8 Å². The van der Waals surface area contributed by atoms with E-state index in [9.17, 15) is 19.2 Å². The molecule has 1 aliphatic carbocycles. The van der Waals surface area contributed by atoms with E-state index < -0.39 is 17.9 Å². The standard InChI is InChI=1S/C20H21N3O6S/c1-10-12(5-7-29-10)17(25)22-20-21-13-8-11(9-15(24)16(13)30-20)18(26)23-6-3-4-14(23)19(27)28-2/h5,7,11,14H,3-4,6,8-9H2,1-2H3,(H,21,22,25). The predicted octanol–water partition coefficient (Wildman–Crippen LogP) is 2.21. The molecule has 1 aliphatic heterocycles. The lowest BCUT2D eigenvalue weighted by atomic mass is 9.88. The van der Waals surface area contributed by atoms with E-state index in [-0.39, 0.29) is 24.0 Å². The van der Waals surface area contributed by atoms with E-state index in [1.165, 1.54) is 18.3 Å². The number of furan rings is 1. The van der Waals surface area contributed by atoms with Crippen LogP contribution >= 0.6 is 11.3 Å². The second-order valence-corrected chi connectivity index (χ2v) is 8.38. The van der Waals surface area contributed by atoms with Crippen molar-refractivity contribution in [3.8, 4) is 0 Å². The molecule has 1 N–H and O–H groups in total. The number of fused-ring (bicyclic) bond motifs is 1. The Morgan fingerprint density at radius 3 is 2.83 bits per heavy atom. The van der Waals surface area contributed by atoms with Crippen molar-refractivity contribution in [1.82, 2.24) is 9.88 Å². The molecule has 3 heterocycles. The van der Waals surface area contributed by atoms with Gasteiger partial charge < -0.3 is 14.1 Å². The SMILES string of the molecule is COC(=O)C1CCCN1C(=O)C1CC(=O)c2sc(NC(=O)c3ccoc3C)nc2C1. The van der Waals surface area contributed by atoms with Crippen LogP contribution in [0.2, 0.25) is 0 Å². The fourth-order valence-electron chi connectivity index (χ4n) is 3.99. The Bertz CT molecular complexity index is 1030. The highest BCUT2D eigenvalue weighted by atomic mass is 32.1. The molecule has 4 rings (SSSR count). The number of carbonyl (C=O) groups is 4. The van der Waals surface area contributed by atoms with Gasteiger partial charge in [-0.3, -0.25) is 19.7 Å². The van der Waals surface area contributed by atoms with Crippen LogP contribution in [0.5, 0.6) is 0 Å². The zero-order valence-electron chi connectivity index (χ0n) is 16.6. The first-order chi connectivity index (χ1) is 14.4. The molecule has 2 aromatic rings. The fraction of sp³-hybridized carbons (Fsp3) is 0.450. The number of ether oxygens (including phenoxy) is 1. The second-order valence-electron chi connectivity index (χ2n) is 7.38. The molecule has 10 heteroatoms. The number of nitrogens with zero attached hydrogens (tertiary/aromatic N) is 2. The average Bonchev–Trinajstić information content (AvgIpc) is 3.45. The van der Waals surface area contributed by atoms with Crippen molar-refractivity contribution in [3.63, 3.8) is 0 Å². The minimum Gasteiger partial charge on any atom is -0.469 e. The van der Waals surface area contributed by atoms with Crippen LogP contribution in [0, 0.1) is 12.8 Å². The van der Waals surface area contributed by atoms with Crippen LogP contribution in [0.4, 0.5) is 5.13 Å². The molecule has 0 aromatic carbocycles. The summed E-state index contributed by atoms with van der Waals surface area (Å²) in [5.41, 5.74) is 0.896. The molecule has 30 heavy (non-hydrogen) atoms. The summed E-state index contributed by atoms with van der Waals surface area (Å²) in [6.07, 6.45) is 3.06. The first kappa shape index (κ1) is 20.3. The summed E-state index contributed by atoms with van der Waals surface area (Å²) in [4.78, 5) is 56.4. The Morgan fingerprint density at radius 2 is 2.13 bits per heavy atom. The molecule has 9 nitrogen and oxygen atoms in total. The lowest BCUT2D eigenvalue weighted by molar-refractivity contribution is -0.152. The Labute approximate surface area is 176 Å². The number of rotatable bonds is 4. The molecule has 2 unspecified atom stereocenters. The van der Waals surface area contributed by atoms with E-state index in [4.69, 9.17) is 9.15 Å². The fourth-order valence-corrected chi connectivity index (χ4v) is 4.93. The maximum atomic E-state index is 13.0. The molecule has 0 saturated carbocycles. The van der Waals surface area contributed by atoms with Gasteiger partial charge in [-0.25, -0.2) is 9.78 Å². The van der Waals surface area contributed by atoms with Gasteiger partial charge >= 0.3 is 5.97 Å². The Morgan fingerprint density at radius 1 is 1.33 bits per heavy atom. The summed E-state index contributed by atoms with van der Waals surface area (Å²) in [5.74, 6) is -1.30. The van der Waals surface area contributed by atoms with Crippen molar-refractivity contribution in [2.45, 2.75) is 38.6 Å². The van der Waals surface area contributed by atoms with Crippen molar-refractivity contribution in [1.29, 1.82) is 0 Å². The highest BCUT2D eigenvalue weighted by Gasteiger charge is 2.41. The van der Waals surface area contributed by atoms with Crippen molar-refractivity contribution in [3.05, 3.63) is 34.2 Å². The van der Waals surface area contributed by atoms with Gasteiger partial charge in [-0.15, -0.1) is 0 Å². The summed E-state index contributed by atoms with van der Waals surface area (Å²) in [6, 6.07) is 0.966. The monoisotopic (exact) mass is 431 g/mol. The predicted molar refractivity (Wildman–Crippen MR) is 106 cm³/mol. The van der Waals surface area contributed by atoms with Crippen LogP contribution in [0.25, 0.3) is 0 Å². The van der Waals surface area contributed by atoms with E-state index in [1.807, 2.05) is 0 Å². The zero-order valence-corrected chi connectivity index (χ0v) is 17.4. The third kappa shape index (κ3) is 3.62. The van der Waals surface area contributed by atoms with E-state index in [0.717, 1.165) is 17.8 Å². The lowest BCUT2D eigenvalue weighted by Gasteiger charge is -2.28. The summed E-state index contributed by atoms with van der Waals surface area (Å²) < 4.78 is 9.94. The van der Waals surface area contributed by atoms with E-state index in [1.54, 1.807) is 13.0 Å². The van der Waals surface area contributed by atoms with Crippen molar-refractivity contribution < 1.29 is 28.3 Å². The molecule has 2 atom stereocenters. The number of thiazole rings is 1. The average molecular weight is 431 g/mol. The van der Waals surface area contributed by atoms with E-state index in [0.29, 0.717) is 46.4 Å². The number of nitrogens with one attached hydrogen (secondary N) is 1. The summed E-state index contributed by atoms with van der Waals surface area (Å²) in [7, 11) is 1.30. The number of esters is 1. The molecule has 1 saturated heterocycles. The zero-order chi connectivity index (χ0) is 21.4. The Hall–Kier alpha value is -3.01. The van der Waals surface area contributed by atoms with Crippen LogP contribution in [-0.4, -0.2) is 53.1 Å². The van der Waals surface area contributed by atoms with Crippen LogP contribution in [0.3, 0.4) is 0 Å². The third-order valence-electron chi connectivity index (χ3n) is 5.50. The molecule has 0 bridgehead atoms. The van der Waals surface area contributed by atoms with Gasteiger partial charge in [0.2, 0.25) is 5.91 Å². The number of hydrogen-bond donors (Lipinski definition) is 1. The first-order valence-electron chi connectivity index (χ1n) is 9.65. The van der Waals surface area contributed by atoms with Crippen LogP contribution in [0.1, 0.15) is 50.7 Å². The largest absolute Gasteiger partial charge is 0.469 e. The molecule has 2 aliphatic rings. The van der Waals surface area contributed by atoms with Gasteiger partial charge in [-0.1, -0.05) is 11.3 Å². The number of ketones is 1. The number of anilines is 1. The molecule has 2 amide bonds. The number of amides is 2. The van der Waals surface area contributed by atoms with Gasteiger partial charge in [0.05, 0.1) is 35.4 Å². The van der Waals surface area contributed by atoms with Gasteiger partial charge in [0.15, 0.2) is 10.9 Å². The highest BCUT2D eigenvalue weighted by Crippen LogP contribution is 2.34. The number of Topliss-reactive ketones (excluding diaryl/α,β-unsaturated/α-hetero) is 1. The normalized spacial score (nSPS) is 20.7. The number of aromatic nitrogens is 1. The van der Waals surface area contributed by atoms with Crippen molar-refractivity contribution >= 4 is 40.0 Å². The summed E-state index contributed by atoms with van der Waals surface area (Å²) in [6.45, 7) is 2.15. The Balaban J connectivity index is 1.49. The third-order valence-corrected chi connectivity index (χ3v) is 6.56. The highest BCUT2D eigenvalue weighted by molar-refractivity contribution is 7.17. The maximum absolute atomic E-state index is 13.0. The van der Waals surface area contributed by atoms with Crippen LogP contribution in [0.15, 0.2) is 16.7 Å². The van der Waals surface area contributed by atoms with Gasteiger partial charge in [-0.2, -0.15) is 0 Å². The quantitative estimate of drug-likeness (QED) is 0.737. The van der Waals surface area contributed by atoms with E-state index >= 15 is 0 Å². The lowest BCUT2D eigenvalue weighted by Crippen LogP contribution is -2.45. The number of methoxy groups -OCH3 is 1. The molecule has 0 radical (unpaired) electrons. The van der Waals surface area contributed by atoms with Crippen molar-refractivity contribution in [2.24, 2.45) is 5.92 Å². The van der Waals surface area contributed by atoms with E-state index in [2.05, 4.69) is 10.3 Å². The smallest absolute Gasteiger partial charge is 0.328 e. The second kappa shape index (κ2) is 8.02. The van der Waals surface area contributed by atoms with Gasteiger partial charge in [0.25, 0.3) is 5.91 Å². The number of carbonyl (C=O) groups excluding carboxylic acids is 4. The topological polar surface area (TPSA) is 119 Å². The minimum absolute atomic E-state index is 0.0621. The molecule has 2 aromatic heterocycles. The van der Waals surface area contributed by atoms with Crippen LogP contribution < -0.4 is 5.32 Å². The molecule has 158 valence electrons. The Kier molecular flexibility index (Phi) is 5.42.